The Balaban J connectivity index is 1.73. The summed E-state index contributed by atoms with van der Waals surface area (Å²) >= 11 is 6.03. The van der Waals surface area contributed by atoms with E-state index in [1.165, 1.54) is 13.2 Å². The number of nitrogens with zero attached hydrogens (tertiary/aromatic N) is 1. The molecule has 0 bridgehead atoms. The maximum absolute atomic E-state index is 11.8. The van der Waals surface area contributed by atoms with Gasteiger partial charge in [-0.1, -0.05) is 41.9 Å². The molecule has 1 heterocycles. The number of phenolic OH excluding ortho intramolecular Hbond substituents is 1. The van der Waals surface area contributed by atoms with Crippen molar-refractivity contribution < 1.29 is 19.4 Å². The van der Waals surface area contributed by atoms with Crippen molar-refractivity contribution in [1.29, 1.82) is 0 Å². The number of esters is 1. The maximum atomic E-state index is 11.8. The minimum absolute atomic E-state index is 0.127. The van der Waals surface area contributed by atoms with Gasteiger partial charge in [-0.2, -0.15) is 0 Å². The Labute approximate surface area is 191 Å². The summed E-state index contributed by atoms with van der Waals surface area (Å²) in [5.41, 5.74) is 3.91. The first-order valence-electron chi connectivity index (χ1n) is 10.1. The Morgan fingerprint density at radius 1 is 1.09 bits per heavy atom. The third-order valence-electron chi connectivity index (χ3n) is 5.46. The van der Waals surface area contributed by atoms with Crippen molar-refractivity contribution in [2.75, 3.05) is 14.2 Å². The van der Waals surface area contributed by atoms with Crippen molar-refractivity contribution in [3.8, 4) is 11.5 Å². The zero-order chi connectivity index (χ0) is 22.7. The molecule has 0 aliphatic carbocycles. The van der Waals surface area contributed by atoms with Crippen molar-refractivity contribution in [2.45, 2.75) is 18.6 Å². The molecule has 3 aromatic carbocycles. The van der Waals surface area contributed by atoms with E-state index in [2.05, 4.69) is 5.32 Å². The van der Waals surface area contributed by atoms with Crippen LogP contribution in [0, 0.1) is 0 Å². The molecule has 2 atom stereocenters. The van der Waals surface area contributed by atoms with Gasteiger partial charge in [-0.3, -0.25) is 10.3 Å². The minimum atomic E-state index is -0.391. The molecule has 1 aliphatic rings. The molecule has 0 saturated carbocycles. The summed E-state index contributed by atoms with van der Waals surface area (Å²) in [6, 6.07) is 19.8. The van der Waals surface area contributed by atoms with Gasteiger partial charge >= 0.3 is 5.97 Å². The van der Waals surface area contributed by atoms with Crippen LogP contribution in [0.25, 0.3) is 0 Å². The highest BCUT2D eigenvalue weighted by atomic mass is 35.5. The number of carbonyl (C=O) groups is 1. The lowest BCUT2D eigenvalue weighted by Gasteiger charge is -2.31. The minimum Gasteiger partial charge on any atom is -0.508 e. The summed E-state index contributed by atoms with van der Waals surface area (Å²) in [6.07, 6.45) is 0.191. The van der Waals surface area contributed by atoms with Gasteiger partial charge in [0.25, 0.3) is 0 Å². The Bertz CT molecular complexity index is 1160. The molecule has 0 aromatic heterocycles. The van der Waals surface area contributed by atoms with Gasteiger partial charge in [0, 0.05) is 28.8 Å². The second-order valence-electron chi connectivity index (χ2n) is 7.45. The SMILES string of the molecule is COC(=O)c1ccc(C2N=C(c3cccc(OC)c3)CC(c3ccc(Cl)cc3O)N2)cc1. The van der Waals surface area contributed by atoms with Crippen LogP contribution in [-0.4, -0.2) is 31.0 Å². The van der Waals surface area contributed by atoms with Crippen LogP contribution < -0.4 is 10.1 Å². The molecule has 164 valence electrons. The summed E-state index contributed by atoms with van der Waals surface area (Å²) in [4.78, 5) is 16.7. The van der Waals surface area contributed by atoms with Crippen LogP contribution in [0.4, 0.5) is 0 Å². The smallest absolute Gasteiger partial charge is 0.337 e. The van der Waals surface area contributed by atoms with Crippen LogP contribution in [0.3, 0.4) is 0 Å². The molecule has 0 fully saturated rings. The van der Waals surface area contributed by atoms with E-state index in [9.17, 15) is 9.90 Å². The lowest BCUT2D eigenvalue weighted by Crippen LogP contribution is -2.33. The quantitative estimate of drug-likeness (QED) is 0.531. The third-order valence-corrected chi connectivity index (χ3v) is 5.69. The molecule has 4 rings (SSSR count). The van der Waals surface area contributed by atoms with Crippen LogP contribution in [0.2, 0.25) is 5.02 Å². The predicted molar refractivity (Wildman–Crippen MR) is 124 cm³/mol. The Kier molecular flexibility index (Phi) is 6.44. The molecule has 0 saturated heterocycles. The molecule has 2 unspecified atom stereocenters. The van der Waals surface area contributed by atoms with Crippen LogP contribution >= 0.6 is 11.6 Å². The number of aromatic hydroxyl groups is 1. The molecule has 7 heteroatoms. The third kappa shape index (κ3) is 4.61. The molecule has 0 amide bonds. The first-order valence-corrected chi connectivity index (χ1v) is 10.5. The average molecular weight is 451 g/mol. The number of halogens is 1. The Morgan fingerprint density at radius 3 is 2.56 bits per heavy atom. The second-order valence-corrected chi connectivity index (χ2v) is 7.89. The standard InChI is InChI=1S/C25H23ClN2O4/c1-31-19-5-3-4-17(12-19)21-14-22(20-11-10-18(26)13-23(20)29)28-24(27-21)15-6-8-16(9-7-15)25(30)32-2/h3-13,22,24,28-29H,14H2,1-2H3. The summed E-state index contributed by atoms with van der Waals surface area (Å²) in [5, 5.41) is 14.5. The second kappa shape index (κ2) is 9.42. The highest BCUT2D eigenvalue weighted by molar-refractivity contribution is 6.30. The number of hydrogen-bond donors (Lipinski definition) is 2. The molecule has 0 radical (unpaired) electrons. The summed E-state index contributed by atoms with van der Waals surface area (Å²) in [5.74, 6) is 0.480. The van der Waals surface area contributed by atoms with Crippen molar-refractivity contribution in [3.63, 3.8) is 0 Å². The monoisotopic (exact) mass is 450 g/mol. The first kappa shape index (κ1) is 21.9. The summed E-state index contributed by atoms with van der Waals surface area (Å²) in [6.45, 7) is 0. The van der Waals surface area contributed by atoms with Crippen molar-refractivity contribution in [3.05, 3.63) is 94.0 Å². The van der Waals surface area contributed by atoms with E-state index in [1.807, 2.05) is 42.5 Å². The fourth-order valence-electron chi connectivity index (χ4n) is 3.78. The number of ether oxygens (including phenoxy) is 2. The fourth-order valence-corrected chi connectivity index (χ4v) is 3.95. The van der Waals surface area contributed by atoms with Gasteiger partial charge in [-0.15, -0.1) is 0 Å². The van der Waals surface area contributed by atoms with Crippen LogP contribution in [0.5, 0.6) is 11.5 Å². The molecule has 3 aromatic rings. The van der Waals surface area contributed by atoms with E-state index in [0.29, 0.717) is 17.0 Å². The van der Waals surface area contributed by atoms with E-state index in [-0.39, 0.29) is 18.0 Å². The lowest BCUT2D eigenvalue weighted by atomic mass is 9.93. The molecule has 0 spiro atoms. The topological polar surface area (TPSA) is 80.2 Å². The van der Waals surface area contributed by atoms with Gasteiger partial charge in [-0.25, -0.2) is 4.79 Å². The number of phenols is 1. The van der Waals surface area contributed by atoms with Gasteiger partial charge in [0.15, 0.2) is 0 Å². The van der Waals surface area contributed by atoms with Gasteiger partial charge < -0.3 is 14.6 Å². The number of aliphatic imine (C=N–C) groups is 1. The van der Waals surface area contributed by atoms with E-state index in [0.717, 1.165) is 28.2 Å². The van der Waals surface area contributed by atoms with E-state index in [1.54, 1.807) is 25.3 Å². The molecule has 2 N–H and O–H groups in total. The number of carbonyl (C=O) groups excluding carboxylic acids is 1. The van der Waals surface area contributed by atoms with Crippen LogP contribution in [0.15, 0.2) is 71.7 Å². The van der Waals surface area contributed by atoms with E-state index >= 15 is 0 Å². The summed E-state index contributed by atoms with van der Waals surface area (Å²) < 4.78 is 10.2. The fraction of sp³-hybridized carbons (Fsp3) is 0.200. The number of benzene rings is 3. The lowest BCUT2D eigenvalue weighted by molar-refractivity contribution is 0.0600. The zero-order valence-electron chi connectivity index (χ0n) is 17.7. The molecular weight excluding hydrogens is 428 g/mol. The van der Waals surface area contributed by atoms with E-state index < -0.39 is 5.97 Å². The van der Waals surface area contributed by atoms with E-state index in [4.69, 9.17) is 26.1 Å². The molecule has 1 aliphatic heterocycles. The maximum Gasteiger partial charge on any atom is 0.337 e. The molecule has 32 heavy (non-hydrogen) atoms. The highest BCUT2D eigenvalue weighted by Gasteiger charge is 2.28. The summed E-state index contributed by atoms with van der Waals surface area (Å²) in [7, 11) is 2.98. The van der Waals surface area contributed by atoms with Crippen LogP contribution in [-0.2, 0) is 4.74 Å². The highest BCUT2D eigenvalue weighted by Crippen LogP contribution is 2.36. The first-order chi connectivity index (χ1) is 15.5. The Hall–Kier alpha value is -3.35. The number of methoxy groups -OCH3 is 2. The van der Waals surface area contributed by atoms with Gasteiger partial charge in [0.1, 0.15) is 17.7 Å². The van der Waals surface area contributed by atoms with Crippen molar-refractivity contribution in [1.82, 2.24) is 5.32 Å². The van der Waals surface area contributed by atoms with Crippen LogP contribution in [0.1, 0.15) is 45.7 Å². The van der Waals surface area contributed by atoms with Crippen molar-refractivity contribution in [2.24, 2.45) is 4.99 Å². The van der Waals surface area contributed by atoms with Gasteiger partial charge in [0.2, 0.25) is 0 Å². The van der Waals surface area contributed by atoms with Gasteiger partial charge in [-0.05, 0) is 47.5 Å². The average Bonchev–Trinajstić information content (AvgIpc) is 2.83. The number of hydrogen-bond acceptors (Lipinski definition) is 6. The van der Waals surface area contributed by atoms with Gasteiger partial charge in [0.05, 0.1) is 19.8 Å². The number of rotatable bonds is 5. The number of nitrogens with one attached hydrogen (secondary N) is 1. The largest absolute Gasteiger partial charge is 0.508 e. The molecular formula is C25H23ClN2O4. The zero-order valence-corrected chi connectivity index (χ0v) is 18.5. The predicted octanol–water partition coefficient (Wildman–Crippen LogP) is 5.06. The van der Waals surface area contributed by atoms with Crippen molar-refractivity contribution >= 4 is 23.3 Å². The normalized spacial score (nSPS) is 18.0. The molecule has 6 nitrogen and oxygen atoms in total. The Morgan fingerprint density at radius 2 is 1.88 bits per heavy atom.